The number of nitrogens with one attached hydrogen (secondary N) is 1. The van der Waals surface area contributed by atoms with Crippen molar-refractivity contribution in [3.63, 3.8) is 0 Å². The third-order valence-corrected chi connectivity index (χ3v) is 5.33. The van der Waals surface area contributed by atoms with Gasteiger partial charge < -0.3 is 10.2 Å². The molecule has 2 aromatic carbocycles. The van der Waals surface area contributed by atoms with Crippen LogP contribution in [0.2, 0.25) is 5.02 Å². The standard InChI is InChI=1S/C23H29ClN2O2/c1-6-22(27)18-10-15(2)21(16(3)11-18)13-20(26(4)5)14-25-23(28)17-8-7-9-19(24)12-17/h7-12,20H,6,13-14H2,1-5H3,(H,25,28)/t20-/m0/s1. The smallest absolute Gasteiger partial charge is 0.251 e. The van der Waals surface area contributed by atoms with E-state index in [0.717, 1.165) is 23.1 Å². The minimum Gasteiger partial charge on any atom is -0.350 e. The summed E-state index contributed by atoms with van der Waals surface area (Å²) >= 11 is 5.98. The second-order valence-electron chi connectivity index (χ2n) is 7.41. The van der Waals surface area contributed by atoms with Gasteiger partial charge in [-0.3, -0.25) is 9.59 Å². The molecule has 0 unspecified atom stereocenters. The molecule has 0 saturated carbocycles. The van der Waals surface area contributed by atoms with Crippen LogP contribution in [0.3, 0.4) is 0 Å². The SMILES string of the molecule is CCC(=O)c1cc(C)c(C[C@@H](CNC(=O)c2cccc(Cl)c2)N(C)C)c(C)c1. The molecule has 0 bridgehead atoms. The number of ketones is 1. The van der Waals surface area contributed by atoms with E-state index in [1.165, 1.54) is 5.56 Å². The van der Waals surface area contributed by atoms with Crippen molar-refractivity contribution >= 4 is 23.3 Å². The van der Waals surface area contributed by atoms with Gasteiger partial charge in [0.25, 0.3) is 5.91 Å². The van der Waals surface area contributed by atoms with Crippen molar-refractivity contribution in [2.75, 3.05) is 20.6 Å². The number of rotatable bonds is 8. The molecule has 2 rings (SSSR count). The van der Waals surface area contributed by atoms with Crippen molar-refractivity contribution in [2.24, 2.45) is 0 Å². The summed E-state index contributed by atoms with van der Waals surface area (Å²) in [5, 5.41) is 3.56. The maximum Gasteiger partial charge on any atom is 0.251 e. The van der Waals surface area contributed by atoms with Crippen molar-refractivity contribution in [2.45, 2.75) is 39.7 Å². The molecule has 0 aliphatic carbocycles. The highest BCUT2D eigenvalue weighted by atomic mass is 35.5. The molecule has 150 valence electrons. The number of amides is 1. The summed E-state index contributed by atoms with van der Waals surface area (Å²) in [7, 11) is 4.02. The molecule has 0 aliphatic heterocycles. The predicted molar refractivity (Wildman–Crippen MR) is 116 cm³/mol. The summed E-state index contributed by atoms with van der Waals surface area (Å²) in [5.41, 5.74) is 4.79. The molecule has 28 heavy (non-hydrogen) atoms. The number of benzene rings is 2. The van der Waals surface area contributed by atoms with E-state index < -0.39 is 0 Å². The number of halogens is 1. The van der Waals surface area contributed by atoms with Crippen LogP contribution in [-0.4, -0.2) is 43.3 Å². The molecule has 0 heterocycles. The molecular formula is C23H29ClN2O2. The van der Waals surface area contributed by atoms with Gasteiger partial charge in [0.2, 0.25) is 0 Å². The second-order valence-corrected chi connectivity index (χ2v) is 7.84. The van der Waals surface area contributed by atoms with E-state index in [1.807, 2.05) is 47.0 Å². The van der Waals surface area contributed by atoms with Crippen LogP contribution in [0.5, 0.6) is 0 Å². The number of hydrogen-bond acceptors (Lipinski definition) is 3. The molecule has 0 fully saturated rings. The van der Waals surface area contributed by atoms with Gasteiger partial charge in [-0.05, 0) is 81.4 Å². The molecule has 0 saturated heterocycles. The number of carbonyl (C=O) groups excluding carboxylic acids is 2. The van der Waals surface area contributed by atoms with Gasteiger partial charge in [0.1, 0.15) is 0 Å². The fourth-order valence-corrected chi connectivity index (χ4v) is 3.49. The molecular weight excluding hydrogens is 372 g/mol. The first-order valence-electron chi connectivity index (χ1n) is 9.56. The Morgan fingerprint density at radius 1 is 1.07 bits per heavy atom. The molecule has 5 heteroatoms. The lowest BCUT2D eigenvalue weighted by Crippen LogP contribution is -2.41. The van der Waals surface area contributed by atoms with E-state index in [1.54, 1.807) is 24.3 Å². The van der Waals surface area contributed by atoms with Crippen molar-refractivity contribution < 1.29 is 9.59 Å². The van der Waals surface area contributed by atoms with E-state index in [0.29, 0.717) is 23.6 Å². The Morgan fingerprint density at radius 3 is 2.25 bits per heavy atom. The van der Waals surface area contributed by atoms with Gasteiger partial charge in [-0.25, -0.2) is 0 Å². The van der Waals surface area contributed by atoms with Crippen LogP contribution in [0.1, 0.15) is 50.8 Å². The van der Waals surface area contributed by atoms with Crippen LogP contribution in [0.4, 0.5) is 0 Å². The Hall–Kier alpha value is -2.17. The lowest BCUT2D eigenvalue weighted by atomic mass is 9.92. The van der Waals surface area contributed by atoms with Crippen LogP contribution in [0.25, 0.3) is 0 Å². The minimum absolute atomic E-state index is 0.133. The summed E-state index contributed by atoms with van der Waals surface area (Å²) in [6.07, 6.45) is 1.30. The minimum atomic E-state index is -0.133. The van der Waals surface area contributed by atoms with E-state index in [9.17, 15) is 9.59 Å². The number of carbonyl (C=O) groups is 2. The summed E-state index contributed by atoms with van der Waals surface area (Å²) in [6.45, 7) is 6.50. The zero-order valence-electron chi connectivity index (χ0n) is 17.3. The van der Waals surface area contributed by atoms with Crippen LogP contribution in [0.15, 0.2) is 36.4 Å². The van der Waals surface area contributed by atoms with E-state index >= 15 is 0 Å². The lowest BCUT2D eigenvalue weighted by molar-refractivity contribution is 0.0940. The van der Waals surface area contributed by atoms with Crippen molar-refractivity contribution in [1.29, 1.82) is 0 Å². The monoisotopic (exact) mass is 400 g/mol. The molecule has 0 aromatic heterocycles. The predicted octanol–water partition coefficient (Wildman–Crippen LogP) is 4.45. The van der Waals surface area contributed by atoms with Gasteiger partial charge in [-0.1, -0.05) is 24.6 Å². The average molecular weight is 401 g/mol. The van der Waals surface area contributed by atoms with Crippen molar-refractivity contribution in [3.8, 4) is 0 Å². The highest BCUT2D eigenvalue weighted by Crippen LogP contribution is 2.20. The largest absolute Gasteiger partial charge is 0.350 e. The van der Waals surface area contributed by atoms with Crippen LogP contribution >= 0.6 is 11.6 Å². The molecule has 0 spiro atoms. The Bertz CT molecular complexity index is 838. The van der Waals surface area contributed by atoms with Gasteiger partial charge in [0.15, 0.2) is 5.78 Å². The average Bonchev–Trinajstić information content (AvgIpc) is 2.65. The normalized spacial score (nSPS) is 12.1. The Morgan fingerprint density at radius 2 is 1.71 bits per heavy atom. The van der Waals surface area contributed by atoms with Gasteiger partial charge in [0.05, 0.1) is 0 Å². The maximum atomic E-state index is 12.4. The van der Waals surface area contributed by atoms with E-state index in [-0.39, 0.29) is 17.7 Å². The number of likely N-dealkylation sites (N-methyl/N-ethyl adjacent to an activating group) is 1. The Kier molecular flexibility index (Phi) is 7.78. The zero-order chi connectivity index (χ0) is 20.8. The van der Waals surface area contributed by atoms with Gasteiger partial charge in [-0.2, -0.15) is 0 Å². The summed E-state index contributed by atoms with van der Waals surface area (Å²) in [6, 6.07) is 11.0. The number of aryl methyl sites for hydroxylation is 2. The number of Topliss-reactive ketones (excluding diaryl/α,β-unsaturated/α-hetero) is 1. The molecule has 4 nitrogen and oxygen atoms in total. The van der Waals surface area contributed by atoms with Crippen LogP contribution < -0.4 is 5.32 Å². The number of nitrogens with zero attached hydrogens (tertiary/aromatic N) is 1. The Balaban J connectivity index is 2.13. The molecule has 1 atom stereocenters. The molecule has 1 amide bonds. The number of hydrogen-bond donors (Lipinski definition) is 1. The fraction of sp³-hybridized carbons (Fsp3) is 0.391. The van der Waals surface area contributed by atoms with Gasteiger partial charge in [0, 0.05) is 35.2 Å². The first-order valence-corrected chi connectivity index (χ1v) is 9.94. The molecule has 0 radical (unpaired) electrons. The molecule has 2 aromatic rings. The molecule has 0 aliphatic rings. The summed E-state index contributed by atoms with van der Waals surface area (Å²) in [5.74, 6) is 0.0300. The lowest BCUT2D eigenvalue weighted by Gasteiger charge is -2.26. The zero-order valence-corrected chi connectivity index (χ0v) is 18.1. The van der Waals surface area contributed by atoms with Gasteiger partial charge >= 0.3 is 0 Å². The molecule has 1 N–H and O–H groups in total. The topological polar surface area (TPSA) is 49.4 Å². The Labute approximate surface area is 172 Å². The van der Waals surface area contributed by atoms with Gasteiger partial charge in [-0.15, -0.1) is 0 Å². The van der Waals surface area contributed by atoms with Crippen LogP contribution in [0, 0.1) is 13.8 Å². The first kappa shape index (κ1) is 22.1. The third-order valence-electron chi connectivity index (χ3n) is 5.09. The van der Waals surface area contributed by atoms with Crippen molar-refractivity contribution in [3.05, 3.63) is 69.2 Å². The fourth-order valence-electron chi connectivity index (χ4n) is 3.30. The van der Waals surface area contributed by atoms with Crippen LogP contribution in [-0.2, 0) is 6.42 Å². The van der Waals surface area contributed by atoms with Crippen molar-refractivity contribution in [1.82, 2.24) is 10.2 Å². The highest BCUT2D eigenvalue weighted by molar-refractivity contribution is 6.30. The van der Waals surface area contributed by atoms with E-state index in [2.05, 4.69) is 10.2 Å². The first-order chi connectivity index (χ1) is 13.2. The summed E-state index contributed by atoms with van der Waals surface area (Å²) < 4.78 is 0. The maximum absolute atomic E-state index is 12.4. The highest BCUT2D eigenvalue weighted by Gasteiger charge is 2.18. The second kappa shape index (κ2) is 9.85. The van der Waals surface area contributed by atoms with E-state index in [4.69, 9.17) is 11.6 Å². The third kappa shape index (κ3) is 5.66. The quantitative estimate of drug-likeness (QED) is 0.666. The summed E-state index contributed by atoms with van der Waals surface area (Å²) in [4.78, 5) is 26.6.